The van der Waals surface area contributed by atoms with E-state index in [4.69, 9.17) is 4.74 Å². The number of ether oxygens (including phenoxy) is 1. The first kappa shape index (κ1) is 18.5. The predicted molar refractivity (Wildman–Crippen MR) is 105 cm³/mol. The molecular formula is C22H28N2O2. The summed E-state index contributed by atoms with van der Waals surface area (Å²) in [5.41, 5.74) is 1.79. The standard InChI is InChI=1S/C22H28N2O2/c1-3-24(2)21(17-9-5-4-6-10-17)22(25)23-18-13-15-20(16-14-18)26-19-11-7-8-12-19/h4-6,9-10,13-16,19,21H,3,7-8,11-12H2,1-2H3,(H,23,25). The minimum Gasteiger partial charge on any atom is -0.490 e. The minimum atomic E-state index is -0.310. The second-order valence-corrected chi connectivity index (χ2v) is 6.92. The Morgan fingerprint density at radius 2 is 1.77 bits per heavy atom. The van der Waals surface area contributed by atoms with Gasteiger partial charge in [0.1, 0.15) is 11.8 Å². The third kappa shape index (κ3) is 4.64. The number of nitrogens with zero attached hydrogens (tertiary/aromatic N) is 1. The van der Waals surface area contributed by atoms with E-state index in [1.807, 2.05) is 66.5 Å². The van der Waals surface area contributed by atoms with E-state index in [1.165, 1.54) is 12.8 Å². The van der Waals surface area contributed by atoms with Crippen molar-refractivity contribution < 1.29 is 9.53 Å². The van der Waals surface area contributed by atoms with E-state index in [0.29, 0.717) is 6.10 Å². The molecule has 0 spiro atoms. The smallest absolute Gasteiger partial charge is 0.246 e. The summed E-state index contributed by atoms with van der Waals surface area (Å²) in [6.45, 7) is 2.85. The lowest BCUT2D eigenvalue weighted by Crippen LogP contribution is -2.34. The Labute approximate surface area is 156 Å². The normalized spacial score (nSPS) is 15.8. The van der Waals surface area contributed by atoms with Crippen molar-refractivity contribution in [1.29, 1.82) is 0 Å². The number of rotatable bonds is 7. The third-order valence-electron chi connectivity index (χ3n) is 5.03. The fourth-order valence-corrected chi connectivity index (χ4v) is 3.45. The largest absolute Gasteiger partial charge is 0.490 e. The van der Waals surface area contributed by atoms with Crippen molar-refractivity contribution in [3.63, 3.8) is 0 Å². The number of hydrogen-bond donors (Lipinski definition) is 1. The fourth-order valence-electron chi connectivity index (χ4n) is 3.45. The maximum Gasteiger partial charge on any atom is 0.246 e. The van der Waals surface area contributed by atoms with Crippen LogP contribution in [-0.2, 0) is 4.79 Å². The summed E-state index contributed by atoms with van der Waals surface area (Å²) in [7, 11) is 1.97. The van der Waals surface area contributed by atoms with Gasteiger partial charge in [-0.15, -0.1) is 0 Å². The molecule has 1 amide bonds. The Bertz CT molecular complexity index is 694. The lowest BCUT2D eigenvalue weighted by Gasteiger charge is -2.26. The van der Waals surface area contributed by atoms with Crippen molar-refractivity contribution in [3.05, 3.63) is 60.2 Å². The maximum atomic E-state index is 12.9. The molecule has 3 rings (SSSR count). The summed E-state index contributed by atoms with van der Waals surface area (Å²) in [4.78, 5) is 14.9. The topological polar surface area (TPSA) is 41.6 Å². The Morgan fingerprint density at radius 3 is 2.38 bits per heavy atom. The van der Waals surface area contributed by atoms with E-state index in [9.17, 15) is 4.79 Å². The first-order chi connectivity index (χ1) is 12.7. The highest BCUT2D eigenvalue weighted by atomic mass is 16.5. The van der Waals surface area contributed by atoms with Gasteiger partial charge in [0.25, 0.3) is 0 Å². The Balaban J connectivity index is 1.66. The number of amides is 1. The predicted octanol–water partition coefficient (Wildman–Crippen LogP) is 4.64. The molecule has 0 saturated heterocycles. The van der Waals surface area contributed by atoms with Crippen LogP contribution in [0.5, 0.6) is 5.75 Å². The van der Waals surface area contributed by atoms with E-state index >= 15 is 0 Å². The lowest BCUT2D eigenvalue weighted by molar-refractivity contribution is -0.121. The van der Waals surface area contributed by atoms with Crippen LogP contribution in [0.4, 0.5) is 5.69 Å². The van der Waals surface area contributed by atoms with E-state index in [2.05, 4.69) is 12.2 Å². The van der Waals surface area contributed by atoms with Gasteiger partial charge in [-0.25, -0.2) is 0 Å². The molecule has 1 aliphatic carbocycles. The van der Waals surface area contributed by atoms with Crippen molar-refractivity contribution in [2.75, 3.05) is 18.9 Å². The van der Waals surface area contributed by atoms with Gasteiger partial charge in [0.2, 0.25) is 5.91 Å². The van der Waals surface area contributed by atoms with E-state index < -0.39 is 0 Å². The number of hydrogen-bond acceptors (Lipinski definition) is 3. The molecule has 1 fully saturated rings. The van der Waals surface area contributed by atoms with Crippen LogP contribution >= 0.6 is 0 Å². The Morgan fingerprint density at radius 1 is 1.12 bits per heavy atom. The van der Waals surface area contributed by atoms with Gasteiger partial charge in [-0.2, -0.15) is 0 Å². The van der Waals surface area contributed by atoms with Crippen LogP contribution in [0.2, 0.25) is 0 Å². The first-order valence-electron chi connectivity index (χ1n) is 9.50. The minimum absolute atomic E-state index is 0.0231. The fraction of sp³-hybridized carbons (Fsp3) is 0.409. The molecule has 0 radical (unpaired) electrons. The second kappa shape index (κ2) is 8.86. The van der Waals surface area contributed by atoms with Gasteiger partial charge in [0.05, 0.1) is 6.10 Å². The van der Waals surface area contributed by atoms with Crippen LogP contribution in [0.25, 0.3) is 0 Å². The molecular weight excluding hydrogens is 324 g/mol. The number of anilines is 1. The molecule has 4 heteroatoms. The van der Waals surface area contributed by atoms with Gasteiger partial charge in [0.15, 0.2) is 0 Å². The monoisotopic (exact) mass is 352 g/mol. The number of likely N-dealkylation sites (N-methyl/N-ethyl adjacent to an activating group) is 1. The van der Waals surface area contributed by atoms with Gasteiger partial charge in [-0.3, -0.25) is 9.69 Å². The molecule has 1 N–H and O–H groups in total. The lowest BCUT2D eigenvalue weighted by atomic mass is 10.0. The molecule has 2 aromatic carbocycles. The van der Waals surface area contributed by atoms with Gasteiger partial charge in [0, 0.05) is 5.69 Å². The quantitative estimate of drug-likeness (QED) is 0.789. The van der Waals surface area contributed by atoms with Gasteiger partial charge in [-0.1, -0.05) is 37.3 Å². The molecule has 1 aliphatic rings. The second-order valence-electron chi connectivity index (χ2n) is 6.92. The van der Waals surface area contributed by atoms with Crippen LogP contribution < -0.4 is 10.1 Å². The molecule has 138 valence electrons. The zero-order valence-electron chi connectivity index (χ0n) is 15.7. The number of carbonyl (C=O) groups is 1. The van der Waals surface area contributed by atoms with Gasteiger partial charge < -0.3 is 10.1 Å². The molecule has 4 nitrogen and oxygen atoms in total. The molecule has 1 unspecified atom stereocenters. The van der Waals surface area contributed by atoms with Gasteiger partial charge in [-0.05, 0) is 69.1 Å². The van der Waals surface area contributed by atoms with Crippen LogP contribution in [0.1, 0.15) is 44.2 Å². The average Bonchev–Trinajstić information content (AvgIpc) is 3.17. The summed E-state index contributed by atoms with van der Waals surface area (Å²) in [6.07, 6.45) is 5.13. The Kier molecular flexibility index (Phi) is 6.29. The zero-order valence-corrected chi connectivity index (χ0v) is 15.7. The van der Waals surface area contributed by atoms with Crippen molar-refractivity contribution in [3.8, 4) is 5.75 Å². The summed E-state index contributed by atoms with van der Waals surface area (Å²) >= 11 is 0. The van der Waals surface area contributed by atoms with Crippen LogP contribution in [0.3, 0.4) is 0 Å². The first-order valence-corrected chi connectivity index (χ1v) is 9.50. The van der Waals surface area contributed by atoms with Crippen molar-refractivity contribution in [2.24, 2.45) is 0 Å². The molecule has 0 heterocycles. The number of carbonyl (C=O) groups excluding carboxylic acids is 1. The van der Waals surface area contributed by atoms with Crippen molar-refractivity contribution >= 4 is 11.6 Å². The molecule has 1 saturated carbocycles. The van der Waals surface area contributed by atoms with E-state index in [0.717, 1.165) is 36.4 Å². The number of nitrogens with one attached hydrogen (secondary N) is 1. The highest BCUT2D eigenvalue weighted by molar-refractivity contribution is 5.95. The van der Waals surface area contributed by atoms with Crippen LogP contribution in [0, 0.1) is 0 Å². The molecule has 0 aliphatic heterocycles. The number of benzene rings is 2. The van der Waals surface area contributed by atoms with Crippen molar-refractivity contribution in [2.45, 2.75) is 44.8 Å². The highest BCUT2D eigenvalue weighted by Gasteiger charge is 2.24. The average molecular weight is 352 g/mol. The van der Waals surface area contributed by atoms with Crippen molar-refractivity contribution in [1.82, 2.24) is 4.90 Å². The van der Waals surface area contributed by atoms with E-state index in [1.54, 1.807) is 0 Å². The SMILES string of the molecule is CCN(C)C(C(=O)Nc1ccc(OC2CCCC2)cc1)c1ccccc1. The summed E-state index contributed by atoms with van der Waals surface area (Å²) in [5, 5.41) is 3.04. The zero-order chi connectivity index (χ0) is 18.4. The highest BCUT2D eigenvalue weighted by Crippen LogP contribution is 2.26. The summed E-state index contributed by atoms with van der Waals surface area (Å²) < 4.78 is 5.99. The summed E-state index contributed by atoms with van der Waals surface area (Å²) in [5.74, 6) is 0.852. The molecule has 0 bridgehead atoms. The third-order valence-corrected chi connectivity index (χ3v) is 5.03. The molecule has 26 heavy (non-hydrogen) atoms. The molecule has 2 aromatic rings. The van der Waals surface area contributed by atoms with Gasteiger partial charge >= 0.3 is 0 Å². The van der Waals surface area contributed by atoms with Crippen LogP contribution in [-0.4, -0.2) is 30.5 Å². The van der Waals surface area contributed by atoms with Crippen LogP contribution in [0.15, 0.2) is 54.6 Å². The maximum absolute atomic E-state index is 12.9. The van der Waals surface area contributed by atoms with E-state index in [-0.39, 0.29) is 11.9 Å². The Hall–Kier alpha value is -2.33. The summed E-state index contributed by atoms with van der Waals surface area (Å²) in [6, 6.07) is 17.3. The molecule has 1 atom stereocenters. The molecule has 0 aromatic heterocycles.